The van der Waals surface area contributed by atoms with E-state index in [0.717, 1.165) is 16.7 Å². The SMILES string of the molecule is Cc1ccc(Oc2cc(=O)n(C)c(Nc3ccc(C)cc3F)c2C(N)=O)c(C)c1. The average molecular weight is 395 g/mol. The zero-order valence-electron chi connectivity index (χ0n) is 16.7. The van der Waals surface area contributed by atoms with Gasteiger partial charge in [-0.1, -0.05) is 23.8 Å². The number of hydrogen-bond donors (Lipinski definition) is 2. The molecule has 150 valence electrons. The van der Waals surface area contributed by atoms with Crippen LogP contribution in [0.3, 0.4) is 0 Å². The van der Waals surface area contributed by atoms with E-state index in [9.17, 15) is 14.0 Å². The third-order valence-electron chi connectivity index (χ3n) is 4.58. The van der Waals surface area contributed by atoms with Gasteiger partial charge >= 0.3 is 0 Å². The highest BCUT2D eigenvalue weighted by Crippen LogP contribution is 2.32. The molecule has 6 nitrogen and oxygen atoms in total. The van der Waals surface area contributed by atoms with Crippen LogP contribution in [0.5, 0.6) is 11.5 Å². The van der Waals surface area contributed by atoms with Crippen LogP contribution in [-0.2, 0) is 7.05 Å². The number of ether oxygens (including phenoxy) is 1. The van der Waals surface area contributed by atoms with Gasteiger partial charge < -0.3 is 15.8 Å². The molecule has 0 aliphatic rings. The van der Waals surface area contributed by atoms with Crippen LogP contribution in [0.4, 0.5) is 15.9 Å². The number of rotatable bonds is 5. The number of carbonyl (C=O) groups excluding carboxylic acids is 1. The Hall–Kier alpha value is -3.61. The Bertz CT molecular complexity index is 1170. The molecule has 3 rings (SSSR count). The van der Waals surface area contributed by atoms with Crippen LogP contribution in [0, 0.1) is 26.6 Å². The summed E-state index contributed by atoms with van der Waals surface area (Å²) in [6.07, 6.45) is 0. The molecule has 0 atom stereocenters. The first-order valence-electron chi connectivity index (χ1n) is 8.99. The molecule has 0 spiro atoms. The molecule has 7 heteroatoms. The summed E-state index contributed by atoms with van der Waals surface area (Å²) in [4.78, 5) is 24.7. The summed E-state index contributed by atoms with van der Waals surface area (Å²) in [7, 11) is 1.46. The smallest absolute Gasteiger partial charge is 0.256 e. The zero-order valence-corrected chi connectivity index (χ0v) is 16.7. The van der Waals surface area contributed by atoms with Crippen molar-refractivity contribution in [1.82, 2.24) is 4.57 Å². The molecule has 29 heavy (non-hydrogen) atoms. The number of halogens is 1. The molecule has 1 amide bonds. The number of primary amides is 1. The van der Waals surface area contributed by atoms with Crippen LogP contribution in [0.15, 0.2) is 47.3 Å². The van der Waals surface area contributed by atoms with Gasteiger partial charge in [-0.3, -0.25) is 14.2 Å². The fourth-order valence-electron chi connectivity index (χ4n) is 3.02. The summed E-state index contributed by atoms with van der Waals surface area (Å²) in [5, 5.41) is 2.82. The van der Waals surface area contributed by atoms with Gasteiger partial charge in [0, 0.05) is 13.1 Å². The van der Waals surface area contributed by atoms with Gasteiger partial charge in [-0.25, -0.2) is 4.39 Å². The number of aromatic nitrogens is 1. The Labute approximate surface area is 167 Å². The largest absolute Gasteiger partial charge is 0.456 e. The minimum atomic E-state index is -0.810. The number of pyridine rings is 1. The van der Waals surface area contributed by atoms with Crippen molar-refractivity contribution in [3.8, 4) is 11.5 Å². The summed E-state index contributed by atoms with van der Waals surface area (Å²) in [6.45, 7) is 5.56. The number of nitrogens with two attached hydrogens (primary N) is 1. The molecular weight excluding hydrogens is 373 g/mol. The molecule has 0 aliphatic carbocycles. The number of amides is 1. The van der Waals surface area contributed by atoms with E-state index >= 15 is 0 Å². The molecule has 3 N–H and O–H groups in total. The fraction of sp³-hybridized carbons (Fsp3) is 0.182. The van der Waals surface area contributed by atoms with E-state index in [-0.39, 0.29) is 22.8 Å². The second-order valence-corrected chi connectivity index (χ2v) is 6.97. The molecule has 0 radical (unpaired) electrons. The number of nitrogens with one attached hydrogen (secondary N) is 1. The summed E-state index contributed by atoms with van der Waals surface area (Å²) >= 11 is 0. The number of nitrogens with zero attached hydrogens (tertiary/aromatic N) is 1. The molecule has 3 aromatic rings. The molecule has 0 saturated heterocycles. The Morgan fingerprint density at radius 1 is 1.03 bits per heavy atom. The number of carbonyl (C=O) groups is 1. The van der Waals surface area contributed by atoms with Crippen molar-refractivity contribution in [3.63, 3.8) is 0 Å². The maximum absolute atomic E-state index is 14.3. The molecular formula is C22H22FN3O3. The second-order valence-electron chi connectivity index (χ2n) is 6.97. The minimum Gasteiger partial charge on any atom is -0.456 e. The van der Waals surface area contributed by atoms with Crippen LogP contribution >= 0.6 is 0 Å². The summed E-state index contributed by atoms with van der Waals surface area (Å²) < 4.78 is 21.4. The molecule has 2 aromatic carbocycles. The predicted octanol–water partition coefficient (Wildman–Crippen LogP) is 4.08. The van der Waals surface area contributed by atoms with E-state index in [1.54, 1.807) is 19.1 Å². The molecule has 0 bridgehead atoms. The lowest BCUT2D eigenvalue weighted by Gasteiger charge is -2.19. The molecule has 0 saturated carbocycles. The number of aryl methyl sites for hydroxylation is 3. The zero-order chi connectivity index (χ0) is 21.3. The van der Waals surface area contributed by atoms with Crippen LogP contribution < -0.4 is 21.3 Å². The Morgan fingerprint density at radius 2 is 1.69 bits per heavy atom. The van der Waals surface area contributed by atoms with Gasteiger partial charge in [0.2, 0.25) is 0 Å². The van der Waals surface area contributed by atoms with Crippen molar-refractivity contribution in [2.45, 2.75) is 20.8 Å². The Balaban J connectivity index is 2.15. The van der Waals surface area contributed by atoms with E-state index in [4.69, 9.17) is 10.5 Å². The average Bonchev–Trinajstić information content (AvgIpc) is 2.63. The van der Waals surface area contributed by atoms with Crippen LogP contribution in [0.2, 0.25) is 0 Å². The lowest BCUT2D eigenvalue weighted by Crippen LogP contribution is -2.25. The van der Waals surface area contributed by atoms with Gasteiger partial charge in [-0.15, -0.1) is 0 Å². The maximum Gasteiger partial charge on any atom is 0.256 e. The summed E-state index contributed by atoms with van der Waals surface area (Å²) in [5.74, 6) is -0.794. The highest BCUT2D eigenvalue weighted by molar-refractivity contribution is 6.01. The van der Waals surface area contributed by atoms with E-state index in [1.165, 1.54) is 29.8 Å². The third kappa shape index (κ3) is 4.13. The molecule has 0 fully saturated rings. The minimum absolute atomic E-state index is 0.00238. The molecule has 1 aromatic heterocycles. The quantitative estimate of drug-likeness (QED) is 0.681. The third-order valence-corrected chi connectivity index (χ3v) is 4.58. The van der Waals surface area contributed by atoms with E-state index in [0.29, 0.717) is 5.75 Å². The standard InChI is InChI=1S/C22H22FN3O3/c1-12-6-8-17(14(3)9-12)29-18-11-19(27)26(4)22(20(18)21(24)28)25-16-7-5-13(2)10-15(16)23/h5-11,25H,1-4H3,(H2,24,28). The lowest BCUT2D eigenvalue weighted by atomic mass is 10.1. The topological polar surface area (TPSA) is 86.3 Å². The van der Waals surface area contributed by atoms with E-state index in [1.807, 2.05) is 26.0 Å². The lowest BCUT2D eigenvalue weighted by molar-refractivity contribution is 0.0998. The van der Waals surface area contributed by atoms with Crippen LogP contribution in [0.25, 0.3) is 0 Å². The van der Waals surface area contributed by atoms with Crippen molar-refractivity contribution in [1.29, 1.82) is 0 Å². The first-order valence-corrected chi connectivity index (χ1v) is 8.99. The normalized spacial score (nSPS) is 10.7. The Morgan fingerprint density at radius 3 is 2.31 bits per heavy atom. The van der Waals surface area contributed by atoms with Gasteiger partial charge in [-0.2, -0.15) is 0 Å². The van der Waals surface area contributed by atoms with Gasteiger partial charge in [0.15, 0.2) is 0 Å². The second kappa shape index (κ2) is 7.79. The highest BCUT2D eigenvalue weighted by atomic mass is 19.1. The predicted molar refractivity (Wildman–Crippen MR) is 111 cm³/mol. The van der Waals surface area contributed by atoms with E-state index in [2.05, 4.69) is 5.32 Å². The monoisotopic (exact) mass is 395 g/mol. The van der Waals surface area contributed by atoms with Crippen LogP contribution in [-0.4, -0.2) is 10.5 Å². The number of hydrogen-bond acceptors (Lipinski definition) is 4. The Kier molecular flexibility index (Phi) is 5.41. The molecule has 1 heterocycles. The summed E-state index contributed by atoms with van der Waals surface area (Å²) in [6, 6.07) is 11.3. The van der Waals surface area contributed by atoms with Crippen LogP contribution in [0.1, 0.15) is 27.0 Å². The fourth-order valence-corrected chi connectivity index (χ4v) is 3.02. The highest BCUT2D eigenvalue weighted by Gasteiger charge is 2.22. The maximum atomic E-state index is 14.3. The number of anilines is 2. The van der Waals surface area contributed by atoms with Crippen molar-refractivity contribution in [3.05, 3.63) is 80.9 Å². The summed E-state index contributed by atoms with van der Waals surface area (Å²) in [5.41, 5.74) is 7.84. The van der Waals surface area contributed by atoms with Crippen molar-refractivity contribution in [2.75, 3.05) is 5.32 Å². The molecule has 0 unspecified atom stereocenters. The van der Waals surface area contributed by atoms with Crippen molar-refractivity contribution < 1.29 is 13.9 Å². The first-order chi connectivity index (χ1) is 13.7. The van der Waals surface area contributed by atoms with Gasteiger partial charge in [0.1, 0.15) is 28.7 Å². The van der Waals surface area contributed by atoms with Gasteiger partial charge in [0.25, 0.3) is 11.5 Å². The van der Waals surface area contributed by atoms with E-state index < -0.39 is 17.3 Å². The van der Waals surface area contributed by atoms with Gasteiger partial charge in [-0.05, 0) is 50.1 Å². The van der Waals surface area contributed by atoms with Crippen molar-refractivity contribution in [2.24, 2.45) is 12.8 Å². The number of benzene rings is 2. The molecule has 0 aliphatic heterocycles. The van der Waals surface area contributed by atoms with Crippen molar-refractivity contribution >= 4 is 17.4 Å². The van der Waals surface area contributed by atoms with Gasteiger partial charge in [0.05, 0.1) is 5.69 Å². The first kappa shape index (κ1) is 20.1.